The predicted molar refractivity (Wildman–Crippen MR) is 115 cm³/mol. The fourth-order valence-electron chi connectivity index (χ4n) is 4.09. The average molecular weight is 390 g/mol. The van der Waals surface area contributed by atoms with Gasteiger partial charge in [0.2, 0.25) is 5.91 Å². The van der Waals surface area contributed by atoms with Crippen molar-refractivity contribution in [3.05, 3.63) is 70.1 Å². The van der Waals surface area contributed by atoms with Gasteiger partial charge in [-0.3, -0.25) is 14.2 Å². The first-order valence-corrected chi connectivity index (χ1v) is 10.0. The molecule has 6 heteroatoms. The summed E-state index contributed by atoms with van der Waals surface area (Å²) in [6.07, 6.45) is 0. The van der Waals surface area contributed by atoms with Crippen LogP contribution in [0.3, 0.4) is 0 Å². The van der Waals surface area contributed by atoms with Crippen molar-refractivity contribution in [1.82, 2.24) is 14.5 Å². The maximum Gasteiger partial charge on any atom is 0.272 e. The molecule has 0 bridgehead atoms. The molecule has 4 rings (SSSR count). The third kappa shape index (κ3) is 3.75. The Bertz CT molecular complexity index is 1120. The SMILES string of the molecule is Cc1cccc(N2CCN(C(=O)Cn3c(=O)c(C)nc4ccccc43)C[C@H]2C)c1. The molecule has 1 aliphatic heterocycles. The highest BCUT2D eigenvalue weighted by molar-refractivity contribution is 5.80. The minimum absolute atomic E-state index is 0.0291. The number of nitrogens with zero attached hydrogens (tertiary/aromatic N) is 4. The second-order valence-electron chi connectivity index (χ2n) is 7.80. The molecular formula is C23H26N4O2. The van der Waals surface area contributed by atoms with Gasteiger partial charge in [-0.25, -0.2) is 4.98 Å². The van der Waals surface area contributed by atoms with Gasteiger partial charge in [0.25, 0.3) is 5.56 Å². The van der Waals surface area contributed by atoms with Gasteiger partial charge in [-0.2, -0.15) is 0 Å². The zero-order chi connectivity index (χ0) is 20.5. The molecule has 29 heavy (non-hydrogen) atoms. The third-order valence-electron chi connectivity index (χ3n) is 5.62. The summed E-state index contributed by atoms with van der Waals surface area (Å²) in [6, 6.07) is 16.1. The number of para-hydroxylation sites is 2. The lowest BCUT2D eigenvalue weighted by Gasteiger charge is -2.41. The van der Waals surface area contributed by atoms with Crippen LogP contribution in [0.4, 0.5) is 5.69 Å². The number of amides is 1. The molecule has 1 amide bonds. The molecule has 0 unspecified atom stereocenters. The van der Waals surface area contributed by atoms with Crippen LogP contribution in [0.1, 0.15) is 18.2 Å². The van der Waals surface area contributed by atoms with Crippen molar-refractivity contribution in [2.45, 2.75) is 33.4 Å². The minimum Gasteiger partial charge on any atom is -0.365 e. The van der Waals surface area contributed by atoms with E-state index in [2.05, 4.69) is 48.0 Å². The summed E-state index contributed by atoms with van der Waals surface area (Å²) in [5, 5.41) is 0. The predicted octanol–water partition coefficient (Wildman–Crippen LogP) is 2.75. The molecule has 6 nitrogen and oxygen atoms in total. The summed E-state index contributed by atoms with van der Waals surface area (Å²) >= 11 is 0. The third-order valence-corrected chi connectivity index (χ3v) is 5.62. The van der Waals surface area contributed by atoms with Crippen molar-refractivity contribution in [2.24, 2.45) is 0 Å². The van der Waals surface area contributed by atoms with E-state index in [1.54, 1.807) is 11.5 Å². The largest absolute Gasteiger partial charge is 0.365 e. The molecule has 0 saturated carbocycles. The Balaban J connectivity index is 1.53. The maximum atomic E-state index is 13.0. The fraction of sp³-hybridized carbons (Fsp3) is 0.348. The van der Waals surface area contributed by atoms with Crippen LogP contribution in [0.5, 0.6) is 0 Å². The Hall–Kier alpha value is -3.15. The van der Waals surface area contributed by atoms with E-state index >= 15 is 0 Å². The molecule has 0 N–H and O–H groups in total. The molecule has 1 aromatic heterocycles. The molecule has 2 aromatic carbocycles. The quantitative estimate of drug-likeness (QED) is 0.690. The van der Waals surface area contributed by atoms with Gasteiger partial charge in [-0.15, -0.1) is 0 Å². The van der Waals surface area contributed by atoms with E-state index < -0.39 is 0 Å². The van der Waals surface area contributed by atoms with E-state index in [1.165, 1.54) is 11.3 Å². The van der Waals surface area contributed by atoms with Gasteiger partial charge in [0.1, 0.15) is 12.2 Å². The first kappa shape index (κ1) is 19.2. The molecule has 3 aromatic rings. The molecule has 1 atom stereocenters. The molecule has 0 radical (unpaired) electrons. The standard InChI is InChI=1S/C23H26N4O2/c1-16-7-6-8-19(13-16)26-12-11-25(14-17(26)2)22(28)15-27-21-10-5-4-9-20(21)24-18(3)23(27)29/h4-10,13,17H,11-12,14-15H2,1-3H3/t17-/m1/s1. The monoisotopic (exact) mass is 390 g/mol. The molecule has 150 valence electrons. The highest BCUT2D eigenvalue weighted by Crippen LogP contribution is 2.22. The van der Waals surface area contributed by atoms with E-state index in [1.807, 2.05) is 29.2 Å². The summed E-state index contributed by atoms with van der Waals surface area (Å²) in [5.74, 6) is -0.0291. The first-order valence-electron chi connectivity index (χ1n) is 10.0. The van der Waals surface area contributed by atoms with Crippen molar-refractivity contribution in [2.75, 3.05) is 24.5 Å². The number of fused-ring (bicyclic) bond motifs is 1. The molecule has 2 heterocycles. The minimum atomic E-state index is -0.205. The number of anilines is 1. The second-order valence-corrected chi connectivity index (χ2v) is 7.80. The Morgan fingerprint density at radius 2 is 1.90 bits per heavy atom. The van der Waals surface area contributed by atoms with Crippen LogP contribution in [0, 0.1) is 13.8 Å². The number of hydrogen-bond acceptors (Lipinski definition) is 4. The number of aryl methyl sites for hydroxylation is 2. The van der Waals surface area contributed by atoms with E-state index in [4.69, 9.17) is 0 Å². The van der Waals surface area contributed by atoms with Gasteiger partial charge in [-0.1, -0.05) is 24.3 Å². The number of hydrogen-bond donors (Lipinski definition) is 0. The molecule has 1 saturated heterocycles. The fourth-order valence-corrected chi connectivity index (χ4v) is 4.09. The Morgan fingerprint density at radius 3 is 2.66 bits per heavy atom. The molecule has 1 aliphatic rings. The Labute approximate surface area is 170 Å². The van der Waals surface area contributed by atoms with Crippen LogP contribution in [0.15, 0.2) is 53.3 Å². The Morgan fingerprint density at radius 1 is 1.10 bits per heavy atom. The topological polar surface area (TPSA) is 58.4 Å². The van der Waals surface area contributed by atoms with Crippen molar-refractivity contribution in [1.29, 1.82) is 0 Å². The lowest BCUT2D eigenvalue weighted by Crippen LogP contribution is -2.54. The van der Waals surface area contributed by atoms with E-state index in [-0.39, 0.29) is 24.1 Å². The summed E-state index contributed by atoms with van der Waals surface area (Å²) in [6.45, 7) is 8.03. The van der Waals surface area contributed by atoms with Crippen molar-refractivity contribution in [3.63, 3.8) is 0 Å². The highest BCUT2D eigenvalue weighted by Gasteiger charge is 2.27. The van der Waals surface area contributed by atoms with Crippen LogP contribution in [-0.4, -0.2) is 46.0 Å². The smallest absolute Gasteiger partial charge is 0.272 e. The van der Waals surface area contributed by atoms with Gasteiger partial charge in [-0.05, 0) is 50.6 Å². The van der Waals surface area contributed by atoms with Crippen LogP contribution in [0.25, 0.3) is 11.0 Å². The normalized spacial score (nSPS) is 17.0. The second kappa shape index (κ2) is 7.70. The summed E-state index contributed by atoms with van der Waals surface area (Å²) in [5.41, 5.74) is 4.06. The van der Waals surface area contributed by atoms with Gasteiger partial charge < -0.3 is 9.80 Å². The lowest BCUT2D eigenvalue weighted by atomic mass is 10.1. The maximum absolute atomic E-state index is 13.0. The van der Waals surface area contributed by atoms with Crippen LogP contribution in [0.2, 0.25) is 0 Å². The Kier molecular flexibility index (Phi) is 5.09. The van der Waals surface area contributed by atoms with Crippen LogP contribution < -0.4 is 10.5 Å². The number of aromatic nitrogens is 2. The van der Waals surface area contributed by atoms with E-state index in [0.717, 1.165) is 12.1 Å². The number of carbonyl (C=O) groups is 1. The summed E-state index contributed by atoms with van der Waals surface area (Å²) in [7, 11) is 0. The average Bonchev–Trinajstić information content (AvgIpc) is 2.71. The number of carbonyl (C=O) groups excluding carboxylic acids is 1. The zero-order valence-electron chi connectivity index (χ0n) is 17.1. The molecular weight excluding hydrogens is 364 g/mol. The molecule has 1 fully saturated rings. The molecule has 0 aliphatic carbocycles. The van der Waals surface area contributed by atoms with Crippen LogP contribution in [-0.2, 0) is 11.3 Å². The van der Waals surface area contributed by atoms with Crippen molar-refractivity contribution < 1.29 is 4.79 Å². The van der Waals surface area contributed by atoms with Gasteiger partial charge >= 0.3 is 0 Å². The lowest BCUT2D eigenvalue weighted by molar-refractivity contribution is -0.132. The zero-order valence-corrected chi connectivity index (χ0v) is 17.1. The van der Waals surface area contributed by atoms with Gasteiger partial charge in [0, 0.05) is 31.4 Å². The van der Waals surface area contributed by atoms with Gasteiger partial charge in [0.15, 0.2) is 0 Å². The van der Waals surface area contributed by atoms with Gasteiger partial charge in [0.05, 0.1) is 11.0 Å². The molecule has 0 spiro atoms. The summed E-state index contributed by atoms with van der Waals surface area (Å²) in [4.78, 5) is 34.3. The number of piperazine rings is 1. The van der Waals surface area contributed by atoms with E-state index in [9.17, 15) is 9.59 Å². The number of rotatable bonds is 3. The highest BCUT2D eigenvalue weighted by atomic mass is 16.2. The first-order chi connectivity index (χ1) is 13.9. The number of benzene rings is 2. The van der Waals surface area contributed by atoms with Crippen molar-refractivity contribution in [3.8, 4) is 0 Å². The van der Waals surface area contributed by atoms with Crippen molar-refractivity contribution >= 4 is 22.6 Å². The van der Waals surface area contributed by atoms with Crippen LogP contribution >= 0.6 is 0 Å². The summed E-state index contributed by atoms with van der Waals surface area (Å²) < 4.78 is 1.55. The van der Waals surface area contributed by atoms with E-state index in [0.29, 0.717) is 24.3 Å².